The maximum Gasteiger partial charge on any atom is 0.138 e. The molecule has 4 nitrogen and oxygen atoms in total. The number of halogens is 2. The third-order valence-corrected chi connectivity index (χ3v) is 3.18. The summed E-state index contributed by atoms with van der Waals surface area (Å²) >= 11 is 0. The zero-order valence-corrected chi connectivity index (χ0v) is 9.61. The molecule has 2 heterocycles. The lowest BCUT2D eigenvalue weighted by Gasteiger charge is -2.26. The number of nitrogens with one attached hydrogen (secondary N) is 1. The highest BCUT2D eigenvalue weighted by Crippen LogP contribution is 2.20. The standard InChI is InChI=1S/C12H12F2N4/c13-10-2-1-3-11(14)9(10)6-18-7-16-17-12(18)8-4-15-5-8/h1-3,7-8,15H,4-6H2. The first-order valence-electron chi connectivity index (χ1n) is 5.77. The number of hydrogen-bond donors (Lipinski definition) is 1. The quantitative estimate of drug-likeness (QED) is 0.892. The van der Waals surface area contributed by atoms with E-state index in [9.17, 15) is 8.78 Å². The Morgan fingerprint density at radius 2 is 2.00 bits per heavy atom. The first-order chi connectivity index (χ1) is 8.75. The Labute approximate surface area is 103 Å². The Kier molecular flexibility index (Phi) is 2.79. The van der Waals surface area contributed by atoms with Crippen LogP contribution in [0.3, 0.4) is 0 Å². The number of benzene rings is 1. The molecule has 1 saturated heterocycles. The van der Waals surface area contributed by atoms with E-state index in [0.717, 1.165) is 18.9 Å². The zero-order valence-electron chi connectivity index (χ0n) is 9.61. The molecule has 0 spiro atoms. The zero-order chi connectivity index (χ0) is 12.5. The van der Waals surface area contributed by atoms with Gasteiger partial charge in [0.15, 0.2) is 0 Å². The molecular weight excluding hydrogens is 238 g/mol. The molecule has 1 aliphatic heterocycles. The minimum atomic E-state index is -0.540. The molecule has 94 valence electrons. The fraction of sp³-hybridized carbons (Fsp3) is 0.333. The molecule has 1 aliphatic rings. The fourth-order valence-corrected chi connectivity index (χ4v) is 2.03. The van der Waals surface area contributed by atoms with Gasteiger partial charge in [-0.25, -0.2) is 8.78 Å². The Bertz CT molecular complexity index is 543. The van der Waals surface area contributed by atoms with Crippen molar-refractivity contribution in [3.8, 4) is 0 Å². The van der Waals surface area contributed by atoms with Crippen LogP contribution in [0.1, 0.15) is 17.3 Å². The summed E-state index contributed by atoms with van der Waals surface area (Å²) in [6.07, 6.45) is 1.51. The molecule has 0 bridgehead atoms. The van der Waals surface area contributed by atoms with E-state index in [1.807, 2.05) is 0 Å². The predicted molar refractivity (Wildman–Crippen MR) is 61.1 cm³/mol. The van der Waals surface area contributed by atoms with Gasteiger partial charge in [0.1, 0.15) is 23.8 Å². The van der Waals surface area contributed by atoms with Crippen LogP contribution >= 0.6 is 0 Å². The Hall–Kier alpha value is -1.82. The van der Waals surface area contributed by atoms with Gasteiger partial charge < -0.3 is 9.88 Å². The van der Waals surface area contributed by atoms with Gasteiger partial charge in [-0.05, 0) is 12.1 Å². The predicted octanol–water partition coefficient (Wildman–Crippen LogP) is 1.29. The largest absolute Gasteiger partial charge is 0.315 e. The minimum absolute atomic E-state index is 0.0471. The lowest BCUT2D eigenvalue weighted by Crippen LogP contribution is -2.41. The molecular formula is C12H12F2N4. The van der Waals surface area contributed by atoms with Crippen molar-refractivity contribution in [2.75, 3.05) is 13.1 Å². The number of nitrogens with zero attached hydrogens (tertiary/aromatic N) is 3. The van der Waals surface area contributed by atoms with Crippen molar-refractivity contribution in [3.63, 3.8) is 0 Å². The summed E-state index contributed by atoms with van der Waals surface area (Å²) in [7, 11) is 0. The van der Waals surface area contributed by atoms with Crippen molar-refractivity contribution in [1.82, 2.24) is 20.1 Å². The number of rotatable bonds is 3. The van der Waals surface area contributed by atoms with Gasteiger partial charge in [-0.3, -0.25) is 0 Å². The topological polar surface area (TPSA) is 42.7 Å². The maximum absolute atomic E-state index is 13.6. The van der Waals surface area contributed by atoms with Gasteiger partial charge >= 0.3 is 0 Å². The second-order valence-corrected chi connectivity index (χ2v) is 4.37. The first-order valence-corrected chi connectivity index (χ1v) is 5.77. The summed E-state index contributed by atoms with van der Waals surface area (Å²) in [5.74, 6) is -0.0264. The summed E-state index contributed by atoms with van der Waals surface area (Å²) in [6.45, 7) is 1.79. The van der Waals surface area contributed by atoms with Gasteiger partial charge in [0.25, 0.3) is 0 Å². The highest BCUT2D eigenvalue weighted by Gasteiger charge is 2.24. The number of hydrogen-bond acceptors (Lipinski definition) is 3. The fourth-order valence-electron chi connectivity index (χ4n) is 2.03. The monoisotopic (exact) mass is 250 g/mol. The summed E-state index contributed by atoms with van der Waals surface area (Å²) in [5.41, 5.74) is 0.0471. The Morgan fingerprint density at radius 3 is 2.61 bits per heavy atom. The van der Waals surface area contributed by atoms with Crippen molar-refractivity contribution >= 4 is 0 Å². The SMILES string of the molecule is Fc1cccc(F)c1Cn1cnnc1C1CNC1. The number of aromatic nitrogens is 3. The second-order valence-electron chi connectivity index (χ2n) is 4.37. The molecule has 0 atom stereocenters. The van der Waals surface area contributed by atoms with Crippen molar-refractivity contribution in [2.24, 2.45) is 0 Å². The highest BCUT2D eigenvalue weighted by molar-refractivity contribution is 5.20. The van der Waals surface area contributed by atoms with E-state index in [1.165, 1.54) is 24.5 Å². The van der Waals surface area contributed by atoms with Crippen LogP contribution in [0, 0.1) is 11.6 Å². The molecule has 1 aromatic heterocycles. The molecule has 1 aromatic carbocycles. The molecule has 3 rings (SSSR count). The molecule has 18 heavy (non-hydrogen) atoms. The van der Waals surface area contributed by atoms with E-state index >= 15 is 0 Å². The molecule has 2 aromatic rings. The maximum atomic E-state index is 13.6. The van der Waals surface area contributed by atoms with Crippen molar-refractivity contribution in [3.05, 3.63) is 47.5 Å². The van der Waals surface area contributed by atoms with Crippen molar-refractivity contribution in [2.45, 2.75) is 12.5 Å². The lowest BCUT2D eigenvalue weighted by molar-refractivity contribution is 0.414. The van der Waals surface area contributed by atoms with E-state index in [0.29, 0.717) is 0 Å². The second kappa shape index (κ2) is 4.45. The highest BCUT2D eigenvalue weighted by atomic mass is 19.1. The van der Waals surface area contributed by atoms with Crippen LogP contribution in [0.2, 0.25) is 0 Å². The summed E-state index contributed by atoms with van der Waals surface area (Å²) in [6, 6.07) is 3.87. The lowest BCUT2D eigenvalue weighted by atomic mass is 10.0. The summed E-state index contributed by atoms with van der Waals surface area (Å²) < 4.78 is 28.8. The molecule has 0 radical (unpaired) electrons. The average molecular weight is 250 g/mol. The summed E-state index contributed by atoms with van der Waals surface area (Å²) in [4.78, 5) is 0. The van der Waals surface area contributed by atoms with Crippen molar-refractivity contribution in [1.29, 1.82) is 0 Å². The normalized spacial score (nSPS) is 15.7. The van der Waals surface area contributed by atoms with Crippen LogP contribution < -0.4 is 5.32 Å². The van der Waals surface area contributed by atoms with Crippen LogP contribution in [0.4, 0.5) is 8.78 Å². The molecule has 6 heteroatoms. The smallest absolute Gasteiger partial charge is 0.138 e. The molecule has 1 N–H and O–H groups in total. The van der Waals surface area contributed by atoms with Gasteiger partial charge in [-0.15, -0.1) is 10.2 Å². The third-order valence-electron chi connectivity index (χ3n) is 3.18. The summed E-state index contributed by atoms with van der Waals surface area (Å²) in [5, 5.41) is 11.0. The Balaban J connectivity index is 1.90. The van der Waals surface area contributed by atoms with Gasteiger partial charge in [0.2, 0.25) is 0 Å². The van der Waals surface area contributed by atoms with Crippen LogP contribution in [0.25, 0.3) is 0 Å². The van der Waals surface area contributed by atoms with Gasteiger partial charge in [0.05, 0.1) is 6.54 Å². The molecule has 0 amide bonds. The van der Waals surface area contributed by atoms with E-state index in [-0.39, 0.29) is 18.0 Å². The molecule has 1 fully saturated rings. The van der Waals surface area contributed by atoms with Crippen LogP contribution in [0.15, 0.2) is 24.5 Å². The van der Waals surface area contributed by atoms with E-state index in [4.69, 9.17) is 0 Å². The first kappa shape index (κ1) is 11.3. The van der Waals surface area contributed by atoms with Gasteiger partial charge in [0, 0.05) is 24.6 Å². The van der Waals surface area contributed by atoms with Crippen LogP contribution in [0.5, 0.6) is 0 Å². The molecule has 0 saturated carbocycles. The van der Waals surface area contributed by atoms with E-state index in [2.05, 4.69) is 15.5 Å². The van der Waals surface area contributed by atoms with Crippen LogP contribution in [-0.2, 0) is 6.54 Å². The molecule has 0 aliphatic carbocycles. The van der Waals surface area contributed by atoms with E-state index in [1.54, 1.807) is 4.57 Å². The van der Waals surface area contributed by atoms with Gasteiger partial charge in [-0.1, -0.05) is 6.07 Å². The van der Waals surface area contributed by atoms with E-state index < -0.39 is 11.6 Å². The van der Waals surface area contributed by atoms with Crippen LogP contribution in [-0.4, -0.2) is 27.9 Å². The Morgan fingerprint density at radius 1 is 1.28 bits per heavy atom. The average Bonchev–Trinajstić information content (AvgIpc) is 2.70. The van der Waals surface area contributed by atoms with Gasteiger partial charge in [-0.2, -0.15) is 0 Å². The van der Waals surface area contributed by atoms with Crippen molar-refractivity contribution < 1.29 is 8.78 Å². The molecule has 0 unspecified atom stereocenters. The third kappa shape index (κ3) is 1.88. The minimum Gasteiger partial charge on any atom is -0.315 e.